The second-order valence-electron chi connectivity index (χ2n) is 9.47. The Labute approximate surface area is 213 Å². The number of carbonyl (C=O) groups excluding carboxylic acids is 1. The molecule has 1 amide bonds. The Kier molecular flexibility index (Phi) is 7.85. The Hall–Kier alpha value is -3.96. The molecule has 0 saturated heterocycles. The minimum Gasteiger partial charge on any atom is -0.487 e. The highest BCUT2D eigenvalue weighted by atomic mass is 19.4. The van der Waals surface area contributed by atoms with Crippen molar-refractivity contribution in [3.63, 3.8) is 0 Å². The number of ether oxygens (including phenoxy) is 2. The molecule has 3 aromatic rings. The summed E-state index contributed by atoms with van der Waals surface area (Å²) in [6.07, 6.45) is -9.58. The zero-order chi connectivity index (χ0) is 28.5. The molecule has 3 rings (SSSR count). The molecule has 3 aromatic carbocycles. The molecule has 0 aliphatic heterocycles. The second-order valence-corrected chi connectivity index (χ2v) is 9.47. The maximum absolute atomic E-state index is 13.4. The van der Waals surface area contributed by atoms with Crippen molar-refractivity contribution in [2.24, 2.45) is 5.41 Å². The predicted octanol–water partition coefficient (Wildman–Crippen LogP) is 6.57. The van der Waals surface area contributed by atoms with Gasteiger partial charge in [-0.3, -0.25) is 4.79 Å². The number of aliphatic carboxylic acids is 1. The van der Waals surface area contributed by atoms with Gasteiger partial charge in [-0.05, 0) is 46.7 Å². The number of alkyl halides is 6. The smallest absolute Gasteiger partial charge is 0.487 e. The lowest BCUT2D eigenvalue weighted by molar-refractivity contribution is -0.274. The number of carboxylic acids is 1. The van der Waals surface area contributed by atoms with Crippen molar-refractivity contribution in [2.45, 2.75) is 46.0 Å². The molecule has 1 atom stereocenters. The van der Waals surface area contributed by atoms with Gasteiger partial charge in [-0.25, -0.2) is 4.79 Å². The maximum Gasteiger partial charge on any atom is 0.573 e. The number of amides is 1. The topological polar surface area (TPSA) is 84.9 Å². The Morgan fingerprint density at radius 3 is 2.05 bits per heavy atom. The molecule has 0 fully saturated rings. The first-order chi connectivity index (χ1) is 17.5. The summed E-state index contributed by atoms with van der Waals surface area (Å²) in [5.41, 5.74) is -1.79. The first-order valence-electron chi connectivity index (χ1n) is 11.1. The van der Waals surface area contributed by atoms with Gasteiger partial charge in [0.15, 0.2) is 0 Å². The van der Waals surface area contributed by atoms with Crippen LogP contribution in [0.3, 0.4) is 0 Å². The highest BCUT2D eigenvalue weighted by molar-refractivity contribution is 6.05. The van der Waals surface area contributed by atoms with Crippen molar-refractivity contribution in [1.29, 1.82) is 0 Å². The number of rotatable bonds is 7. The third-order valence-electron chi connectivity index (χ3n) is 5.47. The van der Waals surface area contributed by atoms with Crippen LogP contribution in [0.1, 0.15) is 42.3 Å². The van der Waals surface area contributed by atoms with E-state index < -0.39 is 47.2 Å². The van der Waals surface area contributed by atoms with Gasteiger partial charge in [0.2, 0.25) is 0 Å². The summed E-state index contributed by atoms with van der Waals surface area (Å²) in [5.74, 6) is -2.94. The molecule has 0 radical (unpaired) electrons. The van der Waals surface area contributed by atoms with Crippen LogP contribution in [0.2, 0.25) is 0 Å². The van der Waals surface area contributed by atoms with Crippen LogP contribution in [0, 0.1) is 5.41 Å². The van der Waals surface area contributed by atoms with E-state index in [0.29, 0.717) is 10.9 Å². The zero-order valence-corrected chi connectivity index (χ0v) is 20.3. The molecule has 204 valence electrons. The van der Waals surface area contributed by atoms with E-state index in [0.717, 1.165) is 24.3 Å². The lowest BCUT2D eigenvalue weighted by Gasteiger charge is -2.28. The van der Waals surface area contributed by atoms with Crippen molar-refractivity contribution >= 4 is 22.6 Å². The summed E-state index contributed by atoms with van der Waals surface area (Å²) in [6, 6.07) is 8.81. The number of hydrogen-bond acceptors (Lipinski definition) is 4. The van der Waals surface area contributed by atoms with Gasteiger partial charge < -0.3 is 19.9 Å². The average Bonchev–Trinajstić information content (AvgIpc) is 2.78. The predicted molar refractivity (Wildman–Crippen MR) is 125 cm³/mol. The van der Waals surface area contributed by atoms with Crippen LogP contribution in [0.4, 0.5) is 26.3 Å². The largest absolute Gasteiger partial charge is 0.573 e. The normalized spacial score (nSPS) is 13.2. The summed E-state index contributed by atoms with van der Waals surface area (Å²) in [5, 5.41) is 12.2. The van der Waals surface area contributed by atoms with Gasteiger partial charge in [-0.15, -0.1) is 13.2 Å². The van der Waals surface area contributed by atoms with Crippen molar-refractivity contribution in [3.8, 4) is 11.5 Å². The van der Waals surface area contributed by atoms with Gasteiger partial charge in [-0.2, -0.15) is 13.2 Å². The number of halogens is 6. The molecule has 0 aliphatic carbocycles. The van der Waals surface area contributed by atoms with Gasteiger partial charge in [-0.1, -0.05) is 45.0 Å². The van der Waals surface area contributed by atoms with Gasteiger partial charge in [0.25, 0.3) is 5.91 Å². The van der Waals surface area contributed by atoms with Crippen LogP contribution in [-0.4, -0.2) is 29.4 Å². The first-order valence-corrected chi connectivity index (χ1v) is 11.1. The quantitative estimate of drug-likeness (QED) is 0.330. The van der Waals surface area contributed by atoms with Crippen molar-refractivity contribution in [1.82, 2.24) is 5.32 Å². The molecule has 0 aliphatic rings. The highest BCUT2D eigenvalue weighted by Crippen LogP contribution is 2.37. The number of hydrogen-bond donors (Lipinski definition) is 2. The van der Waals surface area contributed by atoms with Crippen LogP contribution in [-0.2, 0) is 17.6 Å². The number of carbonyl (C=O) groups is 2. The fraction of sp³-hybridized carbons (Fsp3) is 0.308. The summed E-state index contributed by atoms with van der Waals surface area (Å²) >= 11 is 0. The molecule has 12 heteroatoms. The molecule has 0 bridgehead atoms. The molecule has 0 heterocycles. The molecule has 2 N–H and O–H groups in total. The van der Waals surface area contributed by atoms with Crippen LogP contribution < -0.4 is 14.8 Å². The first kappa shape index (κ1) is 28.6. The molecule has 0 spiro atoms. The van der Waals surface area contributed by atoms with Gasteiger partial charge in [0.1, 0.15) is 24.1 Å². The molecular formula is C26H23F6NO5. The minimum atomic E-state index is -4.89. The molecular weight excluding hydrogens is 520 g/mol. The lowest BCUT2D eigenvalue weighted by Crippen LogP contribution is -2.49. The molecule has 6 nitrogen and oxygen atoms in total. The summed E-state index contributed by atoms with van der Waals surface area (Å²) in [6.45, 7) is 4.44. The Balaban J connectivity index is 2.03. The third kappa shape index (κ3) is 7.08. The summed E-state index contributed by atoms with van der Waals surface area (Å²) in [7, 11) is 0. The standard InChI is InChI=1S/C26H23F6NO5/c1-24(2,3)21(23(35)36)33-22(34)18-11-7-15-6-8-16(25(27,28)29)12-19(15)20(18)37-13-14-4-9-17(10-5-14)38-26(30,31)32/h4-12,21H,13H2,1-3H3,(H,33,34)(H,35,36). The van der Waals surface area contributed by atoms with E-state index in [9.17, 15) is 41.0 Å². The minimum absolute atomic E-state index is 0.0628. The van der Waals surface area contributed by atoms with E-state index in [1.54, 1.807) is 20.8 Å². The number of benzene rings is 3. The van der Waals surface area contributed by atoms with Crippen molar-refractivity contribution in [2.75, 3.05) is 0 Å². The summed E-state index contributed by atoms with van der Waals surface area (Å²) < 4.78 is 87.1. The Morgan fingerprint density at radius 2 is 1.53 bits per heavy atom. The fourth-order valence-electron chi connectivity index (χ4n) is 3.60. The zero-order valence-electron chi connectivity index (χ0n) is 20.3. The van der Waals surface area contributed by atoms with Gasteiger partial charge in [0.05, 0.1) is 11.1 Å². The van der Waals surface area contributed by atoms with Crippen LogP contribution in [0.15, 0.2) is 54.6 Å². The third-order valence-corrected chi connectivity index (χ3v) is 5.47. The average molecular weight is 543 g/mol. The van der Waals surface area contributed by atoms with Crippen LogP contribution >= 0.6 is 0 Å². The Morgan fingerprint density at radius 1 is 0.921 bits per heavy atom. The monoisotopic (exact) mass is 543 g/mol. The van der Waals surface area contributed by atoms with Crippen LogP contribution in [0.25, 0.3) is 10.8 Å². The molecule has 38 heavy (non-hydrogen) atoms. The maximum atomic E-state index is 13.4. The summed E-state index contributed by atoms with van der Waals surface area (Å²) in [4.78, 5) is 24.9. The highest BCUT2D eigenvalue weighted by Gasteiger charge is 2.35. The fourth-order valence-corrected chi connectivity index (χ4v) is 3.60. The number of fused-ring (bicyclic) bond motifs is 1. The van der Waals surface area contributed by atoms with Crippen molar-refractivity contribution < 1.29 is 50.5 Å². The number of carboxylic acid groups (broad SMARTS) is 1. The lowest BCUT2D eigenvalue weighted by atomic mass is 9.86. The SMILES string of the molecule is CC(C)(C)C(NC(=O)c1ccc2ccc(C(F)(F)F)cc2c1OCc1ccc(OC(F)(F)F)cc1)C(=O)O. The number of nitrogens with one attached hydrogen (secondary N) is 1. The molecule has 0 aromatic heterocycles. The second kappa shape index (κ2) is 10.4. The van der Waals surface area contributed by atoms with E-state index in [1.165, 1.54) is 30.3 Å². The van der Waals surface area contributed by atoms with Crippen LogP contribution in [0.5, 0.6) is 11.5 Å². The molecule has 1 unspecified atom stereocenters. The van der Waals surface area contributed by atoms with E-state index in [4.69, 9.17) is 4.74 Å². The van der Waals surface area contributed by atoms with E-state index >= 15 is 0 Å². The van der Waals surface area contributed by atoms with Crippen molar-refractivity contribution in [3.05, 3.63) is 71.3 Å². The van der Waals surface area contributed by atoms with E-state index in [1.807, 2.05) is 0 Å². The van der Waals surface area contributed by atoms with E-state index in [-0.39, 0.29) is 23.3 Å². The van der Waals surface area contributed by atoms with E-state index in [2.05, 4.69) is 10.1 Å². The molecule has 0 saturated carbocycles. The van der Waals surface area contributed by atoms with Gasteiger partial charge in [0, 0.05) is 5.39 Å². The Bertz CT molecular complexity index is 1330. The van der Waals surface area contributed by atoms with Gasteiger partial charge >= 0.3 is 18.5 Å².